The molecule has 0 aromatic heterocycles. The summed E-state index contributed by atoms with van der Waals surface area (Å²) >= 11 is 0. The first kappa shape index (κ1) is 33.9. The van der Waals surface area contributed by atoms with Gasteiger partial charge in [-0.1, -0.05) is 86.4 Å². The summed E-state index contributed by atoms with van der Waals surface area (Å²) in [6, 6.07) is 16.8. The van der Waals surface area contributed by atoms with Crippen LogP contribution in [-0.2, 0) is 33.3 Å². The fourth-order valence-corrected chi connectivity index (χ4v) is 6.21. The summed E-state index contributed by atoms with van der Waals surface area (Å²) in [7, 11) is 0. The van der Waals surface area contributed by atoms with E-state index in [-0.39, 0.29) is 13.2 Å². The Morgan fingerprint density at radius 3 is 1.80 bits per heavy atom. The van der Waals surface area contributed by atoms with Gasteiger partial charge in [-0.2, -0.15) is 0 Å². The molecule has 1 saturated carbocycles. The van der Waals surface area contributed by atoms with Crippen LogP contribution in [0.2, 0.25) is 0 Å². The molecule has 1 heterocycles. The summed E-state index contributed by atoms with van der Waals surface area (Å²) in [6.07, 6.45) is 8.42. The lowest BCUT2D eigenvalue weighted by atomic mass is 9.77. The summed E-state index contributed by atoms with van der Waals surface area (Å²) in [6.45, 7) is 11.2. The zero-order chi connectivity index (χ0) is 31.3. The van der Waals surface area contributed by atoms with Crippen LogP contribution in [0.25, 0.3) is 11.1 Å². The maximum atomic E-state index is 12.4. The van der Waals surface area contributed by atoms with Crippen molar-refractivity contribution in [3.8, 4) is 11.1 Å². The van der Waals surface area contributed by atoms with Gasteiger partial charge in [-0.25, -0.2) is 9.59 Å². The predicted molar refractivity (Wildman–Crippen MR) is 171 cm³/mol. The molecule has 4 rings (SSSR count). The van der Waals surface area contributed by atoms with Crippen molar-refractivity contribution in [2.45, 2.75) is 103 Å². The fraction of sp³-hybridized carbons (Fsp3) is 0.568. The Morgan fingerprint density at radius 2 is 1.27 bits per heavy atom. The van der Waals surface area contributed by atoms with Gasteiger partial charge in [0.15, 0.2) is 18.5 Å². The molecule has 2 fully saturated rings. The van der Waals surface area contributed by atoms with E-state index < -0.39 is 30.4 Å². The Kier molecular flexibility index (Phi) is 13.5. The van der Waals surface area contributed by atoms with Gasteiger partial charge in [0.25, 0.3) is 0 Å². The van der Waals surface area contributed by atoms with Crippen molar-refractivity contribution in [3.63, 3.8) is 0 Å². The Balaban J connectivity index is 1.23. The molecule has 0 amide bonds. The topological polar surface area (TPSA) is 80.3 Å². The average Bonchev–Trinajstić information content (AvgIpc) is 3.49. The van der Waals surface area contributed by atoms with Crippen molar-refractivity contribution in [2.24, 2.45) is 5.92 Å². The van der Waals surface area contributed by atoms with Crippen LogP contribution in [0.5, 0.6) is 0 Å². The summed E-state index contributed by atoms with van der Waals surface area (Å²) in [5.74, 6) is 0.247. The maximum Gasteiger partial charge on any atom is 0.338 e. The largest absolute Gasteiger partial charge is 0.464 e. The second-order valence-corrected chi connectivity index (χ2v) is 12.1. The minimum atomic E-state index is -1.16. The smallest absolute Gasteiger partial charge is 0.338 e. The molecule has 2 aromatic rings. The molecule has 7 nitrogen and oxygen atoms in total. The first-order chi connectivity index (χ1) is 21.4. The van der Waals surface area contributed by atoms with Crippen molar-refractivity contribution in [3.05, 3.63) is 71.8 Å². The molecule has 2 atom stereocenters. The number of carbonyl (C=O) groups excluding carboxylic acids is 2. The Morgan fingerprint density at radius 1 is 0.750 bits per heavy atom. The first-order valence-corrected chi connectivity index (χ1v) is 16.5. The molecule has 7 heteroatoms. The van der Waals surface area contributed by atoms with Gasteiger partial charge < -0.3 is 23.7 Å². The highest BCUT2D eigenvalue weighted by Gasteiger charge is 2.47. The van der Waals surface area contributed by atoms with Crippen LogP contribution in [0.1, 0.15) is 102 Å². The lowest BCUT2D eigenvalue weighted by Crippen LogP contribution is -2.39. The lowest BCUT2D eigenvalue weighted by Gasteiger charge is -2.29. The summed E-state index contributed by atoms with van der Waals surface area (Å²) in [5, 5.41) is 0. The van der Waals surface area contributed by atoms with E-state index in [4.69, 9.17) is 23.7 Å². The number of rotatable bonds is 16. The first-order valence-electron chi connectivity index (χ1n) is 16.5. The number of unbranched alkanes of at least 4 members (excludes halogenated alkanes) is 3. The number of hydrogen-bond acceptors (Lipinski definition) is 7. The van der Waals surface area contributed by atoms with Gasteiger partial charge in [-0.05, 0) is 81.4 Å². The molecule has 1 aliphatic carbocycles. The van der Waals surface area contributed by atoms with Crippen LogP contribution in [-0.4, -0.2) is 50.6 Å². The Hall–Kier alpha value is -3.00. The Bertz CT molecular complexity index is 1160. The van der Waals surface area contributed by atoms with Gasteiger partial charge in [-0.15, -0.1) is 0 Å². The number of benzene rings is 2. The normalized spacial score (nSPS) is 22.1. The van der Waals surface area contributed by atoms with E-state index in [2.05, 4.69) is 30.8 Å². The third-order valence-corrected chi connectivity index (χ3v) is 8.60. The molecule has 240 valence electrons. The van der Waals surface area contributed by atoms with Crippen molar-refractivity contribution in [1.82, 2.24) is 0 Å². The molecule has 0 unspecified atom stereocenters. The number of ether oxygens (including phenoxy) is 5. The molecule has 44 heavy (non-hydrogen) atoms. The molecule has 2 aliphatic rings. The zero-order valence-corrected chi connectivity index (χ0v) is 26.8. The molecule has 0 radical (unpaired) electrons. The van der Waals surface area contributed by atoms with Crippen molar-refractivity contribution in [1.29, 1.82) is 0 Å². The third kappa shape index (κ3) is 9.75. The van der Waals surface area contributed by atoms with Crippen LogP contribution >= 0.6 is 0 Å². The van der Waals surface area contributed by atoms with E-state index >= 15 is 0 Å². The van der Waals surface area contributed by atoms with Gasteiger partial charge >= 0.3 is 11.9 Å². The predicted octanol–water partition coefficient (Wildman–Crippen LogP) is 8.08. The number of hydrogen-bond donors (Lipinski definition) is 0. The van der Waals surface area contributed by atoms with E-state index in [1.165, 1.54) is 56.9 Å². The standard InChI is InChI=1S/C37H50O7/c1-5-41-35(38)33-34(36(39)42-6-2)44-37(43-33)32-22-20-31(21-23-32)30-18-16-29(17-19-30)28-14-12-27(13-15-28)11-9-7-8-10-24-40-25-26(3)4/h16-23,27-28,33-34,37H,3,5-15,24-25H2,1-2,4H3/t27?,28?,33-,34-/m1/s1. The molecule has 1 aliphatic heterocycles. The highest BCUT2D eigenvalue weighted by Crippen LogP contribution is 2.39. The van der Waals surface area contributed by atoms with Crippen LogP contribution in [0.3, 0.4) is 0 Å². The van der Waals surface area contributed by atoms with Crippen molar-refractivity contribution < 1.29 is 33.3 Å². The quantitative estimate of drug-likeness (QED) is 0.109. The molecule has 1 saturated heterocycles. The minimum absolute atomic E-state index is 0.182. The highest BCUT2D eigenvalue weighted by molar-refractivity contribution is 5.86. The summed E-state index contributed by atoms with van der Waals surface area (Å²) < 4.78 is 27.4. The number of carbonyl (C=O) groups is 2. The fourth-order valence-electron chi connectivity index (χ4n) is 6.21. The average molecular weight is 607 g/mol. The third-order valence-electron chi connectivity index (χ3n) is 8.60. The monoisotopic (exact) mass is 606 g/mol. The van der Waals surface area contributed by atoms with Crippen LogP contribution < -0.4 is 0 Å². The SMILES string of the molecule is C=C(C)COCCCCCCC1CCC(c2ccc(-c3ccc(C4O[C@@H](C(=O)OCC)[C@H](C(=O)OCC)O4)cc3)cc2)CC1. The van der Waals surface area contributed by atoms with E-state index in [1.807, 2.05) is 31.2 Å². The van der Waals surface area contributed by atoms with Gasteiger partial charge in [0, 0.05) is 12.2 Å². The van der Waals surface area contributed by atoms with Crippen molar-refractivity contribution >= 4 is 11.9 Å². The molecular formula is C37H50O7. The molecule has 0 N–H and O–H groups in total. The van der Waals surface area contributed by atoms with E-state index in [0.29, 0.717) is 12.5 Å². The maximum absolute atomic E-state index is 12.4. The van der Waals surface area contributed by atoms with Gasteiger partial charge in [0.05, 0.1) is 19.8 Å². The minimum Gasteiger partial charge on any atom is -0.464 e. The van der Waals surface area contributed by atoms with E-state index in [1.54, 1.807) is 13.8 Å². The summed E-state index contributed by atoms with van der Waals surface area (Å²) in [5.41, 5.74) is 5.46. The van der Waals surface area contributed by atoms with Crippen LogP contribution in [0, 0.1) is 5.92 Å². The second kappa shape index (κ2) is 17.5. The molecule has 2 aromatic carbocycles. The Labute approximate surface area is 263 Å². The number of esters is 2. The lowest BCUT2D eigenvalue weighted by molar-refractivity contribution is -0.163. The molecule has 0 spiro atoms. The van der Waals surface area contributed by atoms with Gasteiger partial charge in [-0.3, -0.25) is 0 Å². The van der Waals surface area contributed by atoms with E-state index in [0.717, 1.165) is 41.2 Å². The van der Waals surface area contributed by atoms with Gasteiger partial charge in [0.2, 0.25) is 0 Å². The second-order valence-electron chi connectivity index (χ2n) is 12.1. The van der Waals surface area contributed by atoms with E-state index in [9.17, 15) is 9.59 Å². The molecule has 0 bridgehead atoms. The zero-order valence-electron chi connectivity index (χ0n) is 26.8. The van der Waals surface area contributed by atoms with Crippen molar-refractivity contribution in [2.75, 3.05) is 26.4 Å². The highest BCUT2D eigenvalue weighted by atomic mass is 16.8. The van der Waals surface area contributed by atoms with Gasteiger partial charge in [0.1, 0.15) is 0 Å². The van der Waals surface area contributed by atoms with Crippen LogP contribution in [0.15, 0.2) is 60.7 Å². The summed E-state index contributed by atoms with van der Waals surface area (Å²) in [4.78, 5) is 24.8. The van der Waals surface area contributed by atoms with Crippen LogP contribution in [0.4, 0.5) is 0 Å². The molecular weight excluding hydrogens is 556 g/mol.